The topological polar surface area (TPSA) is 88.9 Å². The first-order valence-corrected chi connectivity index (χ1v) is 12.3. The molecule has 0 saturated carbocycles. The number of carbonyl (C=O) groups excluding carboxylic acids is 2. The quantitative estimate of drug-likeness (QED) is 0.361. The van der Waals surface area contributed by atoms with E-state index in [2.05, 4.69) is 20.8 Å². The van der Waals surface area contributed by atoms with E-state index in [4.69, 9.17) is 11.6 Å². The van der Waals surface area contributed by atoms with E-state index in [9.17, 15) is 22.8 Å². The Hall–Kier alpha value is -3.05. The van der Waals surface area contributed by atoms with Gasteiger partial charge >= 0.3 is 6.18 Å². The minimum atomic E-state index is -4.56. The Kier molecular flexibility index (Phi) is 8.67. The molecule has 192 valence electrons. The Bertz CT molecular complexity index is 1250. The summed E-state index contributed by atoms with van der Waals surface area (Å²) in [5.74, 6) is -0.441. The number of thioether (sulfide) groups is 1. The molecule has 0 aliphatic carbocycles. The molecule has 0 unspecified atom stereocenters. The van der Waals surface area contributed by atoms with Gasteiger partial charge in [0, 0.05) is 12.6 Å². The third kappa shape index (κ3) is 6.79. The summed E-state index contributed by atoms with van der Waals surface area (Å²) < 4.78 is 40.6. The van der Waals surface area contributed by atoms with Crippen molar-refractivity contribution < 1.29 is 22.8 Å². The normalized spacial score (nSPS) is 12.5. The molecule has 0 aliphatic heterocycles. The Labute approximate surface area is 215 Å². The predicted molar refractivity (Wildman–Crippen MR) is 133 cm³/mol. The Morgan fingerprint density at radius 1 is 1.11 bits per heavy atom. The zero-order chi connectivity index (χ0) is 26.6. The van der Waals surface area contributed by atoms with E-state index in [0.717, 1.165) is 35.5 Å². The molecule has 2 amide bonds. The van der Waals surface area contributed by atoms with Crippen LogP contribution in [0.15, 0.2) is 47.6 Å². The fraction of sp³-hybridized carbons (Fsp3) is 0.333. The molecule has 1 heterocycles. The highest BCUT2D eigenvalue weighted by Crippen LogP contribution is 2.34. The summed E-state index contributed by atoms with van der Waals surface area (Å²) >= 11 is 7.00. The fourth-order valence-corrected chi connectivity index (χ4v) is 4.18. The number of carbonyl (C=O) groups is 2. The first-order valence-electron chi connectivity index (χ1n) is 10.9. The van der Waals surface area contributed by atoms with Gasteiger partial charge in [-0.25, -0.2) is 0 Å². The van der Waals surface area contributed by atoms with Gasteiger partial charge in [0.05, 0.1) is 28.1 Å². The van der Waals surface area contributed by atoms with Crippen LogP contribution in [0, 0.1) is 12.8 Å². The molecule has 0 fully saturated rings. The number of aryl methyl sites for hydroxylation is 1. The molecule has 36 heavy (non-hydrogen) atoms. The number of nitrogens with one attached hydrogen (secondary N) is 2. The monoisotopic (exact) mass is 539 g/mol. The highest BCUT2D eigenvalue weighted by molar-refractivity contribution is 7.99. The van der Waals surface area contributed by atoms with E-state index in [1.165, 1.54) is 0 Å². The van der Waals surface area contributed by atoms with Gasteiger partial charge in [-0.1, -0.05) is 54.9 Å². The molecule has 3 rings (SSSR count). The van der Waals surface area contributed by atoms with Gasteiger partial charge < -0.3 is 15.2 Å². The van der Waals surface area contributed by atoms with E-state index in [-0.39, 0.29) is 28.3 Å². The second-order valence-corrected chi connectivity index (χ2v) is 9.84. The Balaban J connectivity index is 1.68. The first kappa shape index (κ1) is 27.5. The summed E-state index contributed by atoms with van der Waals surface area (Å²) in [5, 5.41) is 14.1. The van der Waals surface area contributed by atoms with Crippen molar-refractivity contribution in [3.63, 3.8) is 0 Å². The summed E-state index contributed by atoms with van der Waals surface area (Å²) in [6.07, 6.45) is -4.56. The van der Waals surface area contributed by atoms with Gasteiger partial charge in [0.25, 0.3) is 5.91 Å². The van der Waals surface area contributed by atoms with Crippen LogP contribution in [0.4, 0.5) is 18.9 Å². The molecule has 12 heteroatoms. The summed E-state index contributed by atoms with van der Waals surface area (Å²) in [6.45, 7) is 5.81. The van der Waals surface area contributed by atoms with Gasteiger partial charge in [-0.05, 0) is 43.2 Å². The number of hydrogen-bond donors (Lipinski definition) is 2. The van der Waals surface area contributed by atoms with Crippen LogP contribution in [0.25, 0.3) is 0 Å². The third-order valence-corrected chi connectivity index (χ3v) is 6.66. The number of amides is 2. The largest absolute Gasteiger partial charge is 0.416 e. The lowest BCUT2D eigenvalue weighted by molar-refractivity contribution is -0.137. The lowest BCUT2D eigenvalue weighted by Crippen LogP contribution is -2.33. The van der Waals surface area contributed by atoms with Crippen LogP contribution in [-0.4, -0.2) is 32.3 Å². The molecule has 0 aliphatic rings. The van der Waals surface area contributed by atoms with E-state index in [1.54, 1.807) is 23.7 Å². The smallest absolute Gasteiger partial charge is 0.342 e. The van der Waals surface area contributed by atoms with E-state index in [1.807, 2.05) is 32.9 Å². The van der Waals surface area contributed by atoms with Crippen molar-refractivity contribution in [2.24, 2.45) is 13.0 Å². The Morgan fingerprint density at radius 3 is 2.39 bits per heavy atom. The molecular formula is C24H25ClF3N5O2S. The van der Waals surface area contributed by atoms with Crippen LogP contribution >= 0.6 is 23.4 Å². The van der Waals surface area contributed by atoms with Crippen molar-refractivity contribution in [1.82, 2.24) is 20.1 Å². The zero-order valence-electron chi connectivity index (χ0n) is 20.0. The van der Waals surface area contributed by atoms with Crippen LogP contribution < -0.4 is 10.6 Å². The van der Waals surface area contributed by atoms with Crippen molar-refractivity contribution >= 4 is 40.9 Å². The average molecular weight is 540 g/mol. The molecule has 0 spiro atoms. The van der Waals surface area contributed by atoms with Crippen LogP contribution in [0.5, 0.6) is 0 Å². The number of aromatic nitrogens is 3. The molecule has 0 bridgehead atoms. The van der Waals surface area contributed by atoms with Crippen LogP contribution in [0.1, 0.15) is 47.2 Å². The van der Waals surface area contributed by atoms with Crippen molar-refractivity contribution in [2.45, 2.75) is 38.1 Å². The standard InChI is InChI=1S/C24H25ClF3N5O2S/c1-13(2)20(30-22(35)15-7-5-14(3)6-8-15)21-31-32-23(33(21)4)36-12-19(34)29-18-11-16(24(26,27)28)9-10-17(18)25/h5-11,13,20H,12H2,1-4H3,(H,29,34)(H,30,35)/t20-/m0/s1. The van der Waals surface area contributed by atoms with Crippen LogP contribution in [-0.2, 0) is 18.0 Å². The number of nitrogens with zero attached hydrogens (tertiary/aromatic N) is 3. The summed E-state index contributed by atoms with van der Waals surface area (Å²) in [5.41, 5.74) is 0.517. The molecule has 0 saturated heterocycles. The first-order chi connectivity index (χ1) is 16.9. The molecule has 2 N–H and O–H groups in total. The lowest BCUT2D eigenvalue weighted by Gasteiger charge is -2.21. The highest BCUT2D eigenvalue weighted by Gasteiger charge is 2.31. The second kappa shape index (κ2) is 11.3. The maximum atomic E-state index is 13.0. The SMILES string of the molecule is Cc1ccc(C(=O)N[C@H](c2nnc(SCC(=O)Nc3cc(C(F)(F)F)ccc3Cl)n2C)C(C)C)cc1. The molecular weight excluding hydrogens is 515 g/mol. The van der Waals surface area contributed by atoms with Crippen molar-refractivity contribution in [3.8, 4) is 0 Å². The second-order valence-electron chi connectivity index (χ2n) is 8.49. The number of alkyl halides is 3. The van der Waals surface area contributed by atoms with Gasteiger partial charge in [-0.15, -0.1) is 10.2 Å². The van der Waals surface area contributed by atoms with E-state index >= 15 is 0 Å². The summed E-state index contributed by atoms with van der Waals surface area (Å²) in [4.78, 5) is 25.2. The highest BCUT2D eigenvalue weighted by atomic mass is 35.5. The number of halogens is 4. The summed E-state index contributed by atoms with van der Waals surface area (Å²) in [7, 11) is 1.71. The number of anilines is 1. The molecule has 1 atom stereocenters. The molecule has 7 nitrogen and oxygen atoms in total. The van der Waals surface area contributed by atoms with Gasteiger partial charge in [0.15, 0.2) is 11.0 Å². The van der Waals surface area contributed by atoms with Gasteiger partial charge in [-0.3, -0.25) is 9.59 Å². The van der Waals surface area contributed by atoms with Gasteiger partial charge in [0.2, 0.25) is 5.91 Å². The maximum absolute atomic E-state index is 13.0. The van der Waals surface area contributed by atoms with E-state index < -0.39 is 23.7 Å². The number of rotatable bonds is 8. The molecule has 1 aromatic heterocycles. The molecule has 0 radical (unpaired) electrons. The zero-order valence-corrected chi connectivity index (χ0v) is 21.6. The number of hydrogen-bond acceptors (Lipinski definition) is 5. The fourth-order valence-electron chi connectivity index (χ4n) is 3.30. The van der Waals surface area contributed by atoms with Gasteiger partial charge in [0.1, 0.15) is 0 Å². The maximum Gasteiger partial charge on any atom is 0.416 e. The lowest BCUT2D eigenvalue weighted by atomic mass is 10.0. The predicted octanol–water partition coefficient (Wildman–Crippen LogP) is 5.65. The average Bonchev–Trinajstić information content (AvgIpc) is 3.16. The molecule has 2 aromatic carbocycles. The minimum Gasteiger partial charge on any atom is -0.342 e. The Morgan fingerprint density at radius 2 is 1.78 bits per heavy atom. The minimum absolute atomic E-state index is 0.00787. The van der Waals surface area contributed by atoms with Crippen molar-refractivity contribution in [1.29, 1.82) is 0 Å². The third-order valence-electron chi connectivity index (χ3n) is 5.31. The van der Waals surface area contributed by atoms with Crippen molar-refractivity contribution in [3.05, 3.63) is 70.0 Å². The van der Waals surface area contributed by atoms with E-state index in [0.29, 0.717) is 16.5 Å². The molecule has 3 aromatic rings. The van der Waals surface area contributed by atoms with Gasteiger partial charge in [-0.2, -0.15) is 13.2 Å². The van der Waals surface area contributed by atoms with Crippen LogP contribution in [0.2, 0.25) is 5.02 Å². The number of benzene rings is 2. The summed E-state index contributed by atoms with van der Waals surface area (Å²) in [6, 6.07) is 9.47. The van der Waals surface area contributed by atoms with Crippen molar-refractivity contribution in [2.75, 3.05) is 11.1 Å². The van der Waals surface area contributed by atoms with Crippen LogP contribution in [0.3, 0.4) is 0 Å².